The summed E-state index contributed by atoms with van der Waals surface area (Å²) in [6.45, 7) is 8.25. The van der Waals surface area contributed by atoms with Gasteiger partial charge in [-0.05, 0) is 40.7 Å². The number of amides is 1. The van der Waals surface area contributed by atoms with Gasteiger partial charge in [0.2, 0.25) is 0 Å². The Hall–Kier alpha value is -2.82. The summed E-state index contributed by atoms with van der Waals surface area (Å²) in [5.74, 6) is -0.719. The highest BCUT2D eigenvalue weighted by molar-refractivity contribution is 5.79. The average molecular weight is 383 g/mol. The van der Waals surface area contributed by atoms with Crippen LogP contribution < -0.4 is 10.1 Å². The molecule has 0 aliphatic heterocycles. The van der Waals surface area contributed by atoms with E-state index in [9.17, 15) is 14.7 Å². The lowest BCUT2D eigenvalue weighted by Gasteiger charge is -2.22. The van der Waals surface area contributed by atoms with Crippen LogP contribution in [0.1, 0.15) is 56.8 Å². The standard InChI is InChI=1S/C23H29NO4/c1-5-16-6-12-19(13-7-16)28-15-21(25)24-20(14-22(26)27)17-8-10-18(11-9-17)23(2,3)4/h6-13,20H,5,14-15H2,1-4H3,(H,24,25)(H,26,27)/t20-/m1/s1. The first-order valence-electron chi connectivity index (χ1n) is 9.52. The lowest BCUT2D eigenvalue weighted by Crippen LogP contribution is -2.34. The third-order valence-corrected chi connectivity index (χ3v) is 4.59. The van der Waals surface area contributed by atoms with Crippen molar-refractivity contribution >= 4 is 11.9 Å². The van der Waals surface area contributed by atoms with Gasteiger partial charge in [-0.2, -0.15) is 0 Å². The molecule has 28 heavy (non-hydrogen) atoms. The summed E-state index contributed by atoms with van der Waals surface area (Å²) in [6, 6.07) is 14.7. The summed E-state index contributed by atoms with van der Waals surface area (Å²) < 4.78 is 5.51. The molecule has 2 N–H and O–H groups in total. The smallest absolute Gasteiger partial charge is 0.305 e. The molecular formula is C23H29NO4. The number of ether oxygens (including phenoxy) is 1. The molecule has 2 rings (SSSR count). The van der Waals surface area contributed by atoms with Crippen molar-refractivity contribution in [2.75, 3.05) is 6.61 Å². The molecule has 0 aromatic heterocycles. The second kappa shape index (κ2) is 9.40. The van der Waals surface area contributed by atoms with Gasteiger partial charge in [0.1, 0.15) is 5.75 Å². The average Bonchev–Trinajstić information content (AvgIpc) is 2.65. The van der Waals surface area contributed by atoms with Crippen LogP contribution in [0.3, 0.4) is 0 Å². The number of hydrogen-bond acceptors (Lipinski definition) is 3. The van der Waals surface area contributed by atoms with Gasteiger partial charge in [-0.1, -0.05) is 64.1 Å². The summed E-state index contributed by atoms with van der Waals surface area (Å²) >= 11 is 0. The maximum Gasteiger partial charge on any atom is 0.305 e. The number of carbonyl (C=O) groups is 2. The maximum absolute atomic E-state index is 12.3. The Morgan fingerprint density at radius 2 is 1.64 bits per heavy atom. The number of carbonyl (C=O) groups excluding carboxylic acids is 1. The van der Waals surface area contributed by atoms with Crippen LogP contribution in [0, 0.1) is 0 Å². The van der Waals surface area contributed by atoms with E-state index in [1.165, 1.54) is 5.56 Å². The molecule has 0 bridgehead atoms. The van der Waals surface area contributed by atoms with E-state index in [4.69, 9.17) is 4.74 Å². The summed E-state index contributed by atoms with van der Waals surface area (Å²) in [5.41, 5.74) is 3.11. The highest BCUT2D eigenvalue weighted by Crippen LogP contribution is 2.25. The molecule has 1 atom stereocenters. The van der Waals surface area contributed by atoms with Crippen molar-refractivity contribution in [2.45, 2.75) is 52.0 Å². The fraction of sp³-hybridized carbons (Fsp3) is 0.391. The number of aryl methyl sites for hydroxylation is 1. The number of benzene rings is 2. The quantitative estimate of drug-likeness (QED) is 0.714. The van der Waals surface area contributed by atoms with Crippen molar-refractivity contribution in [1.82, 2.24) is 5.32 Å². The fourth-order valence-corrected chi connectivity index (χ4v) is 2.85. The summed E-state index contributed by atoms with van der Waals surface area (Å²) in [4.78, 5) is 23.5. The van der Waals surface area contributed by atoms with Crippen molar-refractivity contribution in [1.29, 1.82) is 0 Å². The second-order valence-electron chi connectivity index (χ2n) is 7.88. The molecule has 0 aliphatic carbocycles. The molecule has 150 valence electrons. The van der Waals surface area contributed by atoms with Crippen molar-refractivity contribution in [3.05, 3.63) is 65.2 Å². The van der Waals surface area contributed by atoms with Crippen molar-refractivity contribution < 1.29 is 19.4 Å². The largest absolute Gasteiger partial charge is 0.484 e. The zero-order valence-electron chi connectivity index (χ0n) is 17.0. The lowest BCUT2D eigenvalue weighted by atomic mass is 9.86. The molecule has 0 saturated heterocycles. The van der Waals surface area contributed by atoms with Gasteiger partial charge in [0.05, 0.1) is 12.5 Å². The highest BCUT2D eigenvalue weighted by Gasteiger charge is 2.20. The molecular weight excluding hydrogens is 354 g/mol. The van der Waals surface area contributed by atoms with Crippen molar-refractivity contribution in [3.63, 3.8) is 0 Å². The van der Waals surface area contributed by atoms with Gasteiger partial charge < -0.3 is 15.2 Å². The van der Waals surface area contributed by atoms with E-state index in [-0.39, 0.29) is 24.3 Å². The normalized spacial score (nSPS) is 12.3. The molecule has 0 spiro atoms. The molecule has 0 unspecified atom stereocenters. The van der Waals surface area contributed by atoms with Gasteiger partial charge in [0.15, 0.2) is 6.61 Å². The summed E-state index contributed by atoms with van der Waals surface area (Å²) in [6.07, 6.45) is 0.747. The number of hydrogen-bond donors (Lipinski definition) is 2. The van der Waals surface area contributed by atoms with Crippen LogP contribution in [0.15, 0.2) is 48.5 Å². The predicted octanol–water partition coefficient (Wildman–Crippen LogP) is 4.26. The zero-order chi connectivity index (χ0) is 20.7. The zero-order valence-corrected chi connectivity index (χ0v) is 17.0. The Morgan fingerprint density at radius 3 is 2.14 bits per heavy atom. The first kappa shape index (κ1) is 21.5. The number of nitrogens with one attached hydrogen (secondary N) is 1. The summed E-state index contributed by atoms with van der Waals surface area (Å²) in [5, 5.41) is 12.0. The van der Waals surface area contributed by atoms with Gasteiger partial charge >= 0.3 is 5.97 Å². The number of rotatable bonds is 8. The first-order valence-corrected chi connectivity index (χ1v) is 9.52. The Kier molecular flexibility index (Phi) is 7.21. The van der Waals surface area contributed by atoms with Crippen LogP contribution in [-0.2, 0) is 21.4 Å². The third kappa shape index (κ3) is 6.41. The van der Waals surface area contributed by atoms with Gasteiger partial charge in [-0.25, -0.2) is 0 Å². The maximum atomic E-state index is 12.3. The fourth-order valence-electron chi connectivity index (χ4n) is 2.85. The van der Waals surface area contributed by atoms with E-state index < -0.39 is 12.0 Å². The minimum absolute atomic E-state index is 0.00520. The summed E-state index contributed by atoms with van der Waals surface area (Å²) in [7, 11) is 0. The Balaban J connectivity index is 2.02. The topological polar surface area (TPSA) is 75.6 Å². The van der Waals surface area contributed by atoms with E-state index in [1.54, 1.807) is 0 Å². The molecule has 5 heteroatoms. The highest BCUT2D eigenvalue weighted by atomic mass is 16.5. The van der Waals surface area contributed by atoms with Gasteiger partial charge in [-0.15, -0.1) is 0 Å². The Bertz CT molecular complexity index is 789. The van der Waals surface area contributed by atoms with E-state index in [0.29, 0.717) is 5.75 Å². The van der Waals surface area contributed by atoms with Crippen LogP contribution in [-0.4, -0.2) is 23.6 Å². The van der Waals surface area contributed by atoms with E-state index in [2.05, 4.69) is 33.0 Å². The van der Waals surface area contributed by atoms with Gasteiger partial charge in [0, 0.05) is 0 Å². The molecule has 0 saturated carbocycles. The number of carboxylic acid groups (broad SMARTS) is 1. The molecule has 0 radical (unpaired) electrons. The van der Waals surface area contributed by atoms with Crippen LogP contribution in [0.4, 0.5) is 0 Å². The number of carboxylic acids is 1. The van der Waals surface area contributed by atoms with Crippen LogP contribution in [0.25, 0.3) is 0 Å². The van der Waals surface area contributed by atoms with Gasteiger partial charge in [0.25, 0.3) is 5.91 Å². The van der Waals surface area contributed by atoms with Crippen LogP contribution in [0.2, 0.25) is 0 Å². The van der Waals surface area contributed by atoms with Gasteiger partial charge in [-0.3, -0.25) is 9.59 Å². The lowest BCUT2D eigenvalue weighted by molar-refractivity contribution is -0.137. The third-order valence-electron chi connectivity index (χ3n) is 4.59. The minimum Gasteiger partial charge on any atom is -0.484 e. The molecule has 0 aliphatic rings. The van der Waals surface area contributed by atoms with Crippen molar-refractivity contribution in [3.8, 4) is 5.75 Å². The first-order chi connectivity index (χ1) is 13.2. The Morgan fingerprint density at radius 1 is 1.04 bits per heavy atom. The van der Waals surface area contributed by atoms with E-state index in [1.807, 2.05) is 48.5 Å². The second-order valence-corrected chi connectivity index (χ2v) is 7.88. The van der Waals surface area contributed by atoms with Crippen LogP contribution in [0.5, 0.6) is 5.75 Å². The van der Waals surface area contributed by atoms with E-state index in [0.717, 1.165) is 17.5 Å². The van der Waals surface area contributed by atoms with Crippen LogP contribution >= 0.6 is 0 Å². The number of aliphatic carboxylic acids is 1. The minimum atomic E-state index is -0.971. The molecule has 1 amide bonds. The molecule has 5 nitrogen and oxygen atoms in total. The molecule has 2 aromatic carbocycles. The predicted molar refractivity (Wildman–Crippen MR) is 110 cm³/mol. The molecule has 0 fully saturated rings. The molecule has 2 aromatic rings. The Labute approximate surface area is 166 Å². The molecule has 0 heterocycles. The van der Waals surface area contributed by atoms with E-state index >= 15 is 0 Å². The SMILES string of the molecule is CCc1ccc(OCC(=O)N[C@H](CC(=O)O)c2ccc(C(C)(C)C)cc2)cc1. The van der Waals surface area contributed by atoms with Crippen molar-refractivity contribution in [2.24, 2.45) is 0 Å². The monoisotopic (exact) mass is 383 g/mol.